The van der Waals surface area contributed by atoms with Gasteiger partial charge in [-0.2, -0.15) is 0 Å². The van der Waals surface area contributed by atoms with E-state index in [9.17, 15) is 9.59 Å². The van der Waals surface area contributed by atoms with E-state index in [1.54, 1.807) is 30.0 Å². The first kappa shape index (κ1) is 23.2. The van der Waals surface area contributed by atoms with Gasteiger partial charge in [0.05, 0.1) is 0 Å². The number of carbonyl (C=O) groups is 2. The van der Waals surface area contributed by atoms with Gasteiger partial charge in [0.25, 0.3) is 0 Å². The number of hydrogen-bond donors (Lipinski definition) is 1. The van der Waals surface area contributed by atoms with Gasteiger partial charge in [0, 0.05) is 40.5 Å². The van der Waals surface area contributed by atoms with Crippen LogP contribution in [0.3, 0.4) is 0 Å². The molecular weight excluding hydrogens is 407 g/mol. The largest absolute Gasteiger partial charge is 0.350 e. The van der Waals surface area contributed by atoms with E-state index in [-0.39, 0.29) is 24.8 Å². The number of nitrogens with one attached hydrogen (secondary N) is 1. The Bertz CT molecular complexity index is 827. The Balaban J connectivity index is 2.45. The number of hydrogen-bond acceptors (Lipinski definition) is 2. The topological polar surface area (TPSA) is 49.4 Å². The minimum Gasteiger partial charge on any atom is -0.350 e. The van der Waals surface area contributed by atoms with Crippen LogP contribution in [0.5, 0.6) is 0 Å². The van der Waals surface area contributed by atoms with Crippen molar-refractivity contribution in [1.29, 1.82) is 0 Å². The van der Waals surface area contributed by atoms with Gasteiger partial charge in [0.1, 0.15) is 6.04 Å². The number of benzene rings is 2. The molecule has 29 heavy (non-hydrogen) atoms. The van der Waals surface area contributed by atoms with Crippen LogP contribution in [0.2, 0.25) is 10.0 Å². The molecule has 0 radical (unpaired) electrons. The highest BCUT2D eigenvalue weighted by atomic mass is 35.5. The minimum atomic E-state index is -0.684. The van der Waals surface area contributed by atoms with Crippen molar-refractivity contribution in [3.05, 3.63) is 69.7 Å². The molecule has 0 unspecified atom stereocenters. The summed E-state index contributed by atoms with van der Waals surface area (Å²) in [5.41, 5.74) is 1.19. The van der Waals surface area contributed by atoms with Gasteiger partial charge >= 0.3 is 0 Å². The Morgan fingerprint density at radius 3 is 2.10 bits per heavy atom. The van der Waals surface area contributed by atoms with Gasteiger partial charge < -0.3 is 10.2 Å². The molecule has 0 aliphatic rings. The molecule has 4 nitrogen and oxygen atoms in total. The van der Waals surface area contributed by atoms with E-state index in [0.29, 0.717) is 22.0 Å². The van der Waals surface area contributed by atoms with Gasteiger partial charge in [-0.15, -0.1) is 0 Å². The summed E-state index contributed by atoms with van der Waals surface area (Å²) < 4.78 is 0. The lowest BCUT2D eigenvalue weighted by Gasteiger charge is -2.34. The van der Waals surface area contributed by atoms with Crippen LogP contribution >= 0.6 is 23.2 Å². The fraction of sp³-hybridized carbons (Fsp3) is 0.391. The summed E-state index contributed by atoms with van der Waals surface area (Å²) in [4.78, 5) is 27.7. The Hall–Kier alpha value is -2.04. The van der Waals surface area contributed by atoms with Gasteiger partial charge in [0.2, 0.25) is 11.8 Å². The van der Waals surface area contributed by atoms with E-state index in [1.165, 1.54) is 0 Å². The van der Waals surface area contributed by atoms with Crippen molar-refractivity contribution in [3.63, 3.8) is 0 Å². The minimum absolute atomic E-state index is 0.133. The lowest BCUT2D eigenvalue weighted by Crippen LogP contribution is -2.54. The Kier molecular flexibility index (Phi) is 8.12. The van der Waals surface area contributed by atoms with Crippen molar-refractivity contribution >= 4 is 35.0 Å². The van der Waals surface area contributed by atoms with E-state index in [1.807, 2.05) is 51.1 Å². The van der Waals surface area contributed by atoms with Gasteiger partial charge in [-0.05, 0) is 38.5 Å². The van der Waals surface area contributed by atoms with Crippen molar-refractivity contribution in [2.24, 2.45) is 0 Å². The summed E-state index contributed by atoms with van der Waals surface area (Å²) in [5, 5.41) is 3.96. The van der Waals surface area contributed by atoms with Gasteiger partial charge in [-0.25, -0.2) is 0 Å². The maximum absolute atomic E-state index is 13.2. The van der Waals surface area contributed by atoms with Crippen LogP contribution in [0.15, 0.2) is 48.5 Å². The second-order valence-corrected chi connectivity index (χ2v) is 8.83. The quantitative estimate of drug-likeness (QED) is 0.645. The molecule has 1 atom stereocenters. The first-order valence-corrected chi connectivity index (χ1v) is 10.5. The second kappa shape index (κ2) is 10.1. The van der Waals surface area contributed by atoms with Crippen LogP contribution in [0.25, 0.3) is 0 Å². The molecule has 2 rings (SSSR count). The predicted octanol–water partition coefficient (Wildman–Crippen LogP) is 5.26. The molecule has 2 aromatic rings. The molecule has 0 saturated heterocycles. The van der Waals surface area contributed by atoms with Crippen molar-refractivity contribution < 1.29 is 9.59 Å². The van der Waals surface area contributed by atoms with Gasteiger partial charge in [-0.3, -0.25) is 9.59 Å². The third kappa shape index (κ3) is 6.76. The molecule has 0 aliphatic carbocycles. The predicted molar refractivity (Wildman–Crippen MR) is 119 cm³/mol. The zero-order valence-electron chi connectivity index (χ0n) is 17.3. The summed E-state index contributed by atoms with van der Waals surface area (Å²) in [5.74, 6) is -0.336. The van der Waals surface area contributed by atoms with Gasteiger partial charge in [0.15, 0.2) is 0 Å². The summed E-state index contributed by atoms with van der Waals surface area (Å²) in [7, 11) is 0. The molecular formula is C23H28Cl2N2O2. The summed E-state index contributed by atoms with van der Waals surface area (Å²) in [6.07, 6.45) is 0.673. The highest BCUT2D eigenvalue weighted by Gasteiger charge is 2.32. The molecule has 0 aliphatic heterocycles. The highest BCUT2D eigenvalue weighted by molar-refractivity contribution is 6.36. The Labute approximate surface area is 183 Å². The lowest BCUT2D eigenvalue weighted by atomic mass is 10.0. The van der Waals surface area contributed by atoms with Crippen molar-refractivity contribution in [3.8, 4) is 0 Å². The van der Waals surface area contributed by atoms with E-state index in [0.717, 1.165) is 5.56 Å². The van der Waals surface area contributed by atoms with E-state index >= 15 is 0 Å². The summed E-state index contributed by atoms with van der Waals surface area (Å²) >= 11 is 12.7. The second-order valence-electron chi connectivity index (χ2n) is 8.02. The molecule has 0 heterocycles. The molecule has 0 aromatic heterocycles. The molecule has 0 fully saturated rings. The van der Waals surface area contributed by atoms with Crippen LogP contribution in [0.1, 0.15) is 45.2 Å². The van der Waals surface area contributed by atoms with Crippen molar-refractivity contribution in [2.45, 2.75) is 58.7 Å². The smallest absolute Gasteiger partial charge is 0.243 e. The molecule has 1 N–H and O–H groups in total. The maximum atomic E-state index is 13.2. The third-order valence-electron chi connectivity index (χ3n) is 4.46. The Morgan fingerprint density at radius 2 is 1.59 bits per heavy atom. The fourth-order valence-corrected chi connectivity index (χ4v) is 3.58. The molecule has 0 bridgehead atoms. The SMILES string of the molecule is CCC(=O)N(Cc1c(Cl)cccc1Cl)[C@H](Cc1ccccc1)C(=O)NC(C)(C)C. The van der Waals surface area contributed by atoms with E-state index < -0.39 is 11.6 Å². The van der Waals surface area contributed by atoms with Crippen LogP contribution in [0.4, 0.5) is 0 Å². The van der Waals surface area contributed by atoms with Gasteiger partial charge in [-0.1, -0.05) is 66.5 Å². The van der Waals surface area contributed by atoms with Crippen LogP contribution < -0.4 is 5.32 Å². The standard InChI is InChI=1S/C23H28Cl2N2O2/c1-5-21(28)27(15-17-18(24)12-9-13-19(17)25)20(22(29)26-23(2,3)4)14-16-10-7-6-8-11-16/h6-13,20H,5,14-15H2,1-4H3,(H,26,29)/t20-/m1/s1. The monoisotopic (exact) mass is 434 g/mol. The molecule has 0 spiro atoms. The number of nitrogens with zero attached hydrogens (tertiary/aromatic N) is 1. The van der Waals surface area contributed by atoms with E-state index in [4.69, 9.17) is 23.2 Å². The molecule has 6 heteroatoms. The van der Waals surface area contributed by atoms with E-state index in [2.05, 4.69) is 5.32 Å². The van der Waals surface area contributed by atoms with Crippen molar-refractivity contribution in [2.75, 3.05) is 0 Å². The number of carbonyl (C=O) groups excluding carboxylic acids is 2. The first-order chi connectivity index (χ1) is 13.6. The highest BCUT2D eigenvalue weighted by Crippen LogP contribution is 2.27. The average molecular weight is 435 g/mol. The van der Waals surface area contributed by atoms with Crippen LogP contribution in [0, 0.1) is 0 Å². The third-order valence-corrected chi connectivity index (χ3v) is 5.17. The lowest BCUT2D eigenvalue weighted by molar-refractivity contribution is -0.141. The molecule has 2 aromatic carbocycles. The number of rotatable bonds is 7. The average Bonchev–Trinajstić information content (AvgIpc) is 2.65. The fourth-order valence-electron chi connectivity index (χ4n) is 3.06. The first-order valence-electron chi connectivity index (χ1n) is 9.70. The maximum Gasteiger partial charge on any atom is 0.243 e. The normalized spacial score (nSPS) is 12.3. The number of amides is 2. The zero-order chi connectivity index (χ0) is 21.6. The van der Waals surface area contributed by atoms with Crippen LogP contribution in [-0.2, 0) is 22.6 Å². The molecule has 156 valence electrons. The summed E-state index contributed by atoms with van der Waals surface area (Å²) in [6.45, 7) is 7.70. The van der Waals surface area contributed by atoms with Crippen LogP contribution in [-0.4, -0.2) is 28.3 Å². The summed E-state index contributed by atoms with van der Waals surface area (Å²) in [6, 6.07) is 14.2. The molecule has 0 saturated carbocycles. The number of halogens is 2. The zero-order valence-corrected chi connectivity index (χ0v) is 18.8. The molecule has 2 amide bonds. The Morgan fingerprint density at radius 1 is 1.00 bits per heavy atom. The van der Waals surface area contributed by atoms with Crippen molar-refractivity contribution in [1.82, 2.24) is 10.2 Å².